The summed E-state index contributed by atoms with van der Waals surface area (Å²) in [6, 6.07) is 14.0. The van der Waals surface area contributed by atoms with Crippen LogP contribution in [0, 0.1) is 0 Å². The molecule has 100 valence electrons. The Hall–Kier alpha value is -0.540. The van der Waals surface area contributed by atoms with Gasteiger partial charge in [-0.1, -0.05) is 57.3 Å². The van der Waals surface area contributed by atoms with Crippen LogP contribution in [0.1, 0.15) is 24.1 Å². The van der Waals surface area contributed by atoms with Gasteiger partial charge in [-0.05, 0) is 36.8 Å². The van der Waals surface area contributed by atoms with Gasteiger partial charge in [0.2, 0.25) is 0 Å². The van der Waals surface area contributed by atoms with E-state index in [0.29, 0.717) is 16.6 Å². The standard InChI is InChI=1S/C15H14BrCl2N/c1-10(11-4-2-5-12(16)8-11)19-9-13-14(17)6-3-7-15(13)18/h2-8,10,19H,9H2,1H3. The van der Waals surface area contributed by atoms with Gasteiger partial charge in [-0.25, -0.2) is 0 Å². The first-order valence-electron chi connectivity index (χ1n) is 5.99. The highest BCUT2D eigenvalue weighted by Gasteiger charge is 2.09. The fourth-order valence-corrected chi connectivity index (χ4v) is 2.80. The van der Waals surface area contributed by atoms with Crippen molar-refractivity contribution in [3.63, 3.8) is 0 Å². The van der Waals surface area contributed by atoms with Crippen molar-refractivity contribution >= 4 is 39.1 Å². The lowest BCUT2D eigenvalue weighted by atomic mass is 10.1. The van der Waals surface area contributed by atoms with Crippen LogP contribution in [0.25, 0.3) is 0 Å². The number of nitrogens with one attached hydrogen (secondary N) is 1. The minimum absolute atomic E-state index is 0.227. The molecule has 1 unspecified atom stereocenters. The fraction of sp³-hybridized carbons (Fsp3) is 0.200. The maximum absolute atomic E-state index is 6.15. The van der Waals surface area contributed by atoms with Gasteiger partial charge in [-0.2, -0.15) is 0 Å². The van der Waals surface area contributed by atoms with Crippen molar-refractivity contribution in [2.45, 2.75) is 19.5 Å². The van der Waals surface area contributed by atoms with Gasteiger partial charge in [0, 0.05) is 32.7 Å². The third-order valence-electron chi connectivity index (χ3n) is 3.00. The molecule has 0 aliphatic rings. The molecule has 0 heterocycles. The highest BCUT2D eigenvalue weighted by Crippen LogP contribution is 2.25. The molecule has 2 aromatic carbocycles. The average Bonchev–Trinajstić information content (AvgIpc) is 2.38. The molecular weight excluding hydrogens is 345 g/mol. The molecule has 0 bridgehead atoms. The van der Waals surface area contributed by atoms with Gasteiger partial charge in [0.15, 0.2) is 0 Å². The monoisotopic (exact) mass is 357 g/mol. The first-order chi connectivity index (χ1) is 9.08. The topological polar surface area (TPSA) is 12.0 Å². The van der Waals surface area contributed by atoms with E-state index in [4.69, 9.17) is 23.2 Å². The quantitative estimate of drug-likeness (QED) is 0.749. The summed E-state index contributed by atoms with van der Waals surface area (Å²) in [6.45, 7) is 2.76. The van der Waals surface area contributed by atoms with Gasteiger partial charge in [-0.3, -0.25) is 0 Å². The molecule has 0 aliphatic heterocycles. The number of rotatable bonds is 4. The third-order valence-corrected chi connectivity index (χ3v) is 4.20. The van der Waals surface area contributed by atoms with Gasteiger partial charge in [0.25, 0.3) is 0 Å². The van der Waals surface area contributed by atoms with Gasteiger partial charge < -0.3 is 5.32 Å². The number of hydrogen-bond donors (Lipinski definition) is 1. The number of benzene rings is 2. The molecule has 0 aromatic heterocycles. The van der Waals surface area contributed by atoms with Crippen LogP contribution in [-0.4, -0.2) is 0 Å². The Morgan fingerprint density at radius 1 is 1.11 bits per heavy atom. The molecule has 0 amide bonds. The Kier molecular flexibility index (Phi) is 5.28. The fourth-order valence-electron chi connectivity index (χ4n) is 1.85. The second-order valence-corrected chi connectivity index (χ2v) is 6.09. The van der Waals surface area contributed by atoms with Crippen molar-refractivity contribution < 1.29 is 0 Å². The Balaban J connectivity index is 2.06. The average molecular weight is 359 g/mol. The van der Waals surface area contributed by atoms with Gasteiger partial charge in [0.1, 0.15) is 0 Å². The molecule has 1 N–H and O–H groups in total. The van der Waals surface area contributed by atoms with Crippen LogP contribution < -0.4 is 5.32 Å². The van der Waals surface area contributed by atoms with E-state index in [1.165, 1.54) is 5.56 Å². The van der Waals surface area contributed by atoms with E-state index >= 15 is 0 Å². The van der Waals surface area contributed by atoms with Crippen molar-refractivity contribution in [3.05, 3.63) is 68.1 Å². The Labute approximate surface area is 132 Å². The summed E-state index contributed by atoms with van der Waals surface area (Å²) in [5.41, 5.74) is 2.16. The molecular formula is C15H14BrCl2N. The predicted molar refractivity (Wildman–Crippen MR) is 85.9 cm³/mol. The third kappa shape index (κ3) is 3.96. The zero-order valence-corrected chi connectivity index (χ0v) is 13.6. The molecule has 0 radical (unpaired) electrons. The van der Waals surface area contributed by atoms with E-state index in [-0.39, 0.29) is 6.04 Å². The van der Waals surface area contributed by atoms with Crippen LogP contribution in [0.5, 0.6) is 0 Å². The summed E-state index contributed by atoms with van der Waals surface area (Å²) >= 11 is 15.8. The summed E-state index contributed by atoms with van der Waals surface area (Å²) in [5, 5.41) is 4.83. The van der Waals surface area contributed by atoms with Crippen molar-refractivity contribution in [1.29, 1.82) is 0 Å². The van der Waals surface area contributed by atoms with Gasteiger partial charge in [-0.15, -0.1) is 0 Å². The second-order valence-electron chi connectivity index (χ2n) is 4.36. The van der Waals surface area contributed by atoms with Crippen LogP contribution in [0.2, 0.25) is 10.0 Å². The molecule has 0 saturated heterocycles. The lowest BCUT2D eigenvalue weighted by Crippen LogP contribution is -2.18. The zero-order valence-electron chi connectivity index (χ0n) is 10.5. The lowest BCUT2D eigenvalue weighted by Gasteiger charge is -2.16. The van der Waals surface area contributed by atoms with Crippen molar-refractivity contribution in [3.8, 4) is 0 Å². The molecule has 4 heteroatoms. The van der Waals surface area contributed by atoms with E-state index in [0.717, 1.165) is 10.0 Å². The number of halogens is 3. The molecule has 1 atom stereocenters. The van der Waals surface area contributed by atoms with Gasteiger partial charge in [0.05, 0.1) is 0 Å². The molecule has 19 heavy (non-hydrogen) atoms. The summed E-state index contributed by atoms with van der Waals surface area (Å²) in [6.07, 6.45) is 0. The van der Waals surface area contributed by atoms with E-state index in [1.807, 2.05) is 30.3 Å². The lowest BCUT2D eigenvalue weighted by molar-refractivity contribution is 0.574. The molecule has 0 spiro atoms. The first-order valence-corrected chi connectivity index (χ1v) is 7.54. The summed E-state index contributed by atoms with van der Waals surface area (Å²) < 4.78 is 1.08. The SMILES string of the molecule is CC(NCc1c(Cl)cccc1Cl)c1cccc(Br)c1. The summed E-state index contributed by atoms with van der Waals surface area (Å²) in [4.78, 5) is 0. The summed E-state index contributed by atoms with van der Waals surface area (Å²) in [5.74, 6) is 0. The van der Waals surface area contributed by atoms with Crippen molar-refractivity contribution in [2.24, 2.45) is 0 Å². The smallest absolute Gasteiger partial charge is 0.0465 e. The van der Waals surface area contributed by atoms with Crippen LogP contribution in [0.3, 0.4) is 0 Å². The van der Waals surface area contributed by atoms with E-state index < -0.39 is 0 Å². The maximum atomic E-state index is 6.15. The largest absolute Gasteiger partial charge is 0.306 e. The van der Waals surface area contributed by atoms with E-state index in [9.17, 15) is 0 Å². The molecule has 0 fully saturated rings. The van der Waals surface area contributed by atoms with Crippen LogP contribution in [-0.2, 0) is 6.54 Å². The van der Waals surface area contributed by atoms with Crippen LogP contribution in [0.4, 0.5) is 0 Å². The van der Waals surface area contributed by atoms with E-state index in [2.05, 4.69) is 40.3 Å². The zero-order chi connectivity index (χ0) is 13.8. The maximum Gasteiger partial charge on any atom is 0.0465 e. The molecule has 2 aromatic rings. The highest BCUT2D eigenvalue weighted by molar-refractivity contribution is 9.10. The van der Waals surface area contributed by atoms with E-state index in [1.54, 1.807) is 0 Å². The van der Waals surface area contributed by atoms with Crippen molar-refractivity contribution in [1.82, 2.24) is 5.32 Å². The summed E-state index contributed by atoms with van der Waals surface area (Å²) in [7, 11) is 0. The number of hydrogen-bond acceptors (Lipinski definition) is 1. The molecule has 1 nitrogen and oxygen atoms in total. The van der Waals surface area contributed by atoms with Crippen LogP contribution >= 0.6 is 39.1 Å². The Bertz CT molecular complexity index is 552. The minimum atomic E-state index is 0.227. The normalized spacial score (nSPS) is 12.4. The van der Waals surface area contributed by atoms with Gasteiger partial charge >= 0.3 is 0 Å². The minimum Gasteiger partial charge on any atom is -0.306 e. The van der Waals surface area contributed by atoms with Crippen LogP contribution in [0.15, 0.2) is 46.9 Å². The second kappa shape index (κ2) is 6.76. The molecule has 0 saturated carbocycles. The molecule has 2 rings (SSSR count). The highest BCUT2D eigenvalue weighted by atomic mass is 79.9. The Morgan fingerprint density at radius 3 is 2.37 bits per heavy atom. The first kappa shape index (κ1) is 14.9. The van der Waals surface area contributed by atoms with Crippen molar-refractivity contribution in [2.75, 3.05) is 0 Å². The Morgan fingerprint density at radius 2 is 1.74 bits per heavy atom. The predicted octanol–water partition coefficient (Wildman–Crippen LogP) is 5.61. The molecule has 0 aliphatic carbocycles.